The first-order valence-corrected chi connectivity index (χ1v) is 10.0. The molecule has 1 aromatic heterocycles. The Labute approximate surface area is 196 Å². The summed E-state index contributed by atoms with van der Waals surface area (Å²) < 4.78 is 18.0. The van der Waals surface area contributed by atoms with Crippen molar-refractivity contribution in [3.63, 3.8) is 0 Å². The van der Waals surface area contributed by atoms with Crippen molar-refractivity contribution < 1.29 is 14.2 Å². The Morgan fingerprint density at radius 3 is 2.63 bits per heavy atom. The van der Waals surface area contributed by atoms with Gasteiger partial charge in [-0.1, -0.05) is 0 Å². The molecule has 2 N–H and O–H groups in total. The standard InChI is InChI=1S/C21H33N5O3.HI/c1-18(2)29-20-8-6-19(7-9-20)25-21(22-10-5-15-28-17-16-27-3)23-12-14-26-13-4-11-24-26;/h4,6-9,11,13,18H,5,10,12,14-17H2,1-3H3,(H2,22,23,25);1H. The summed E-state index contributed by atoms with van der Waals surface area (Å²) in [5.41, 5.74) is 0.947. The molecule has 0 fully saturated rings. The van der Waals surface area contributed by atoms with E-state index in [2.05, 4.69) is 20.7 Å². The molecule has 1 heterocycles. The lowest BCUT2D eigenvalue weighted by Gasteiger charge is -2.14. The fourth-order valence-corrected chi connectivity index (χ4v) is 2.49. The van der Waals surface area contributed by atoms with E-state index in [1.807, 2.05) is 55.1 Å². The highest BCUT2D eigenvalue weighted by Gasteiger charge is 2.03. The SMILES string of the molecule is COCCOCCCN=C(NCCn1cccn1)Nc1ccc(OC(C)C)cc1.I. The van der Waals surface area contributed by atoms with Gasteiger partial charge in [-0.25, -0.2) is 0 Å². The fourth-order valence-electron chi connectivity index (χ4n) is 2.49. The number of benzene rings is 1. The van der Waals surface area contributed by atoms with Crippen molar-refractivity contribution in [1.29, 1.82) is 0 Å². The number of aromatic nitrogens is 2. The molecule has 9 heteroatoms. The summed E-state index contributed by atoms with van der Waals surface area (Å²) in [5.74, 6) is 1.58. The van der Waals surface area contributed by atoms with Gasteiger partial charge in [-0.2, -0.15) is 5.10 Å². The Balaban J connectivity index is 0.00000450. The van der Waals surface area contributed by atoms with E-state index in [4.69, 9.17) is 14.2 Å². The number of guanidine groups is 1. The van der Waals surface area contributed by atoms with Crippen molar-refractivity contribution in [2.45, 2.75) is 32.9 Å². The van der Waals surface area contributed by atoms with Crippen molar-refractivity contribution in [1.82, 2.24) is 15.1 Å². The molecule has 0 radical (unpaired) electrons. The van der Waals surface area contributed by atoms with Crippen LogP contribution in [-0.2, 0) is 16.0 Å². The maximum absolute atomic E-state index is 5.69. The topological polar surface area (TPSA) is 81.9 Å². The van der Waals surface area contributed by atoms with Crippen molar-refractivity contribution >= 4 is 35.6 Å². The maximum Gasteiger partial charge on any atom is 0.195 e. The summed E-state index contributed by atoms with van der Waals surface area (Å²) in [6.07, 6.45) is 4.71. The van der Waals surface area contributed by atoms with Crippen LogP contribution in [0.15, 0.2) is 47.7 Å². The summed E-state index contributed by atoms with van der Waals surface area (Å²) in [6.45, 7) is 8.05. The first-order chi connectivity index (χ1) is 14.2. The molecule has 0 aliphatic rings. The average molecular weight is 531 g/mol. The zero-order valence-corrected chi connectivity index (χ0v) is 20.4. The van der Waals surface area contributed by atoms with Gasteiger partial charge in [0.15, 0.2) is 5.96 Å². The van der Waals surface area contributed by atoms with Crippen LogP contribution < -0.4 is 15.4 Å². The number of ether oxygens (including phenoxy) is 3. The minimum atomic E-state index is 0. The summed E-state index contributed by atoms with van der Waals surface area (Å²) >= 11 is 0. The number of nitrogens with zero attached hydrogens (tertiary/aromatic N) is 3. The minimum Gasteiger partial charge on any atom is -0.491 e. The molecule has 30 heavy (non-hydrogen) atoms. The lowest BCUT2D eigenvalue weighted by Crippen LogP contribution is -2.33. The first kappa shape index (κ1) is 26.2. The van der Waals surface area contributed by atoms with Gasteiger partial charge in [0, 0.05) is 44.9 Å². The number of aliphatic imine (C=N–C) groups is 1. The van der Waals surface area contributed by atoms with Crippen LogP contribution in [-0.4, -0.2) is 61.9 Å². The van der Waals surface area contributed by atoms with E-state index >= 15 is 0 Å². The largest absolute Gasteiger partial charge is 0.491 e. The van der Waals surface area contributed by atoms with Crippen molar-refractivity contribution in [2.24, 2.45) is 4.99 Å². The molecule has 0 spiro atoms. The predicted molar refractivity (Wildman–Crippen MR) is 131 cm³/mol. The smallest absolute Gasteiger partial charge is 0.195 e. The van der Waals surface area contributed by atoms with E-state index in [1.165, 1.54) is 0 Å². The van der Waals surface area contributed by atoms with Crippen LogP contribution in [0.3, 0.4) is 0 Å². The summed E-state index contributed by atoms with van der Waals surface area (Å²) in [4.78, 5) is 4.65. The highest BCUT2D eigenvalue weighted by atomic mass is 127. The molecular formula is C21H34IN5O3. The number of anilines is 1. The lowest BCUT2D eigenvalue weighted by atomic mass is 10.3. The van der Waals surface area contributed by atoms with E-state index in [-0.39, 0.29) is 30.1 Å². The normalized spacial score (nSPS) is 11.3. The Morgan fingerprint density at radius 2 is 1.97 bits per heavy atom. The molecule has 0 amide bonds. The third-order valence-electron chi connectivity index (χ3n) is 3.83. The van der Waals surface area contributed by atoms with Crippen molar-refractivity contribution in [3.05, 3.63) is 42.7 Å². The van der Waals surface area contributed by atoms with Gasteiger partial charge in [-0.05, 0) is 50.6 Å². The van der Waals surface area contributed by atoms with Crippen LogP contribution in [0.1, 0.15) is 20.3 Å². The van der Waals surface area contributed by atoms with Crippen LogP contribution in [0, 0.1) is 0 Å². The van der Waals surface area contributed by atoms with Gasteiger partial charge in [0.1, 0.15) is 5.75 Å². The lowest BCUT2D eigenvalue weighted by molar-refractivity contribution is 0.0702. The molecule has 1 aromatic carbocycles. The number of rotatable bonds is 13. The molecule has 168 valence electrons. The second kappa shape index (κ2) is 15.9. The quantitative estimate of drug-likeness (QED) is 0.179. The zero-order valence-electron chi connectivity index (χ0n) is 18.0. The van der Waals surface area contributed by atoms with E-state index < -0.39 is 0 Å². The second-order valence-electron chi connectivity index (χ2n) is 6.70. The number of hydrogen-bond donors (Lipinski definition) is 2. The van der Waals surface area contributed by atoms with Crippen molar-refractivity contribution in [2.75, 3.05) is 45.3 Å². The van der Waals surface area contributed by atoms with Crippen LogP contribution in [0.5, 0.6) is 5.75 Å². The number of hydrogen-bond acceptors (Lipinski definition) is 5. The number of nitrogens with one attached hydrogen (secondary N) is 2. The molecule has 0 saturated heterocycles. The van der Waals surface area contributed by atoms with Gasteiger partial charge in [0.25, 0.3) is 0 Å². The molecule has 0 saturated carbocycles. The van der Waals surface area contributed by atoms with Gasteiger partial charge in [-0.15, -0.1) is 24.0 Å². The molecule has 0 aliphatic carbocycles. The van der Waals surface area contributed by atoms with Gasteiger partial charge in [-0.3, -0.25) is 9.67 Å². The monoisotopic (exact) mass is 531 g/mol. The van der Waals surface area contributed by atoms with Crippen LogP contribution in [0.25, 0.3) is 0 Å². The average Bonchev–Trinajstić information content (AvgIpc) is 3.21. The number of methoxy groups -OCH3 is 1. The Kier molecular flexibility index (Phi) is 13.9. The maximum atomic E-state index is 5.69. The van der Waals surface area contributed by atoms with Crippen LogP contribution >= 0.6 is 24.0 Å². The molecule has 2 rings (SSSR count). The summed E-state index contributed by atoms with van der Waals surface area (Å²) in [5, 5.41) is 10.9. The first-order valence-electron chi connectivity index (χ1n) is 10.0. The van der Waals surface area contributed by atoms with E-state index in [1.54, 1.807) is 13.3 Å². The van der Waals surface area contributed by atoms with Crippen LogP contribution in [0.4, 0.5) is 5.69 Å². The van der Waals surface area contributed by atoms with E-state index in [9.17, 15) is 0 Å². The van der Waals surface area contributed by atoms with E-state index in [0.29, 0.717) is 32.9 Å². The molecule has 8 nitrogen and oxygen atoms in total. The highest BCUT2D eigenvalue weighted by molar-refractivity contribution is 14.0. The number of halogens is 1. The minimum absolute atomic E-state index is 0. The third-order valence-corrected chi connectivity index (χ3v) is 3.83. The van der Waals surface area contributed by atoms with Crippen LogP contribution in [0.2, 0.25) is 0 Å². The zero-order chi connectivity index (χ0) is 20.7. The van der Waals surface area contributed by atoms with Gasteiger partial charge >= 0.3 is 0 Å². The third kappa shape index (κ3) is 11.4. The molecular weight excluding hydrogens is 497 g/mol. The molecule has 2 aromatic rings. The van der Waals surface area contributed by atoms with Gasteiger partial charge < -0.3 is 24.8 Å². The predicted octanol–water partition coefficient (Wildman–Crippen LogP) is 3.40. The second-order valence-corrected chi connectivity index (χ2v) is 6.70. The van der Waals surface area contributed by atoms with Gasteiger partial charge in [0.2, 0.25) is 0 Å². The fraction of sp³-hybridized carbons (Fsp3) is 0.524. The Bertz CT molecular complexity index is 693. The summed E-state index contributed by atoms with van der Waals surface area (Å²) in [7, 11) is 1.67. The molecule has 0 unspecified atom stereocenters. The van der Waals surface area contributed by atoms with E-state index in [0.717, 1.165) is 30.4 Å². The highest BCUT2D eigenvalue weighted by Crippen LogP contribution is 2.16. The van der Waals surface area contributed by atoms with Gasteiger partial charge in [0.05, 0.1) is 25.9 Å². The summed E-state index contributed by atoms with van der Waals surface area (Å²) in [6, 6.07) is 9.78. The molecule has 0 atom stereocenters. The molecule has 0 bridgehead atoms. The Hall–Kier alpha value is -1.85. The van der Waals surface area contributed by atoms with Crippen molar-refractivity contribution in [3.8, 4) is 5.75 Å². The molecule has 0 aliphatic heterocycles. The Morgan fingerprint density at radius 1 is 1.17 bits per heavy atom.